The summed E-state index contributed by atoms with van der Waals surface area (Å²) >= 11 is 0. The van der Waals surface area contributed by atoms with E-state index in [1.54, 1.807) is 36.9 Å². The first-order valence-electron chi connectivity index (χ1n) is 6.14. The van der Waals surface area contributed by atoms with Crippen molar-refractivity contribution >= 4 is 11.6 Å². The lowest BCUT2D eigenvalue weighted by atomic mass is 10.1. The van der Waals surface area contributed by atoms with Crippen LogP contribution in [0.5, 0.6) is 0 Å². The molecule has 0 aliphatic rings. The standard InChI is InChI=1S/C15H16N4O/c1-4-15(2,3)17-14(20)12-9-10-19(18-12)13-8-6-5-7-11(13)16/h1,5-10H,16H2,2-3H3,(H,17,20). The number of rotatable bonds is 3. The van der Waals surface area contributed by atoms with Crippen LogP contribution in [0.25, 0.3) is 5.69 Å². The Morgan fingerprint density at radius 2 is 2.10 bits per heavy atom. The zero-order valence-corrected chi connectivity index (χ0v) is 11.4. The second kappa shape index (κ2) is 5.10. The van der Waals surface area contributed by atoms with E-state index in [2.05, 4.69) is 16.3 Å². The first kappa shape index (κ1) is 13.7. The maximum Gasteiger partial charge on any atom is 0.272 e. The minimum Gasteiger partial charge on any atom is -0.397 e. The van der Waals surface area contributed by atoms with E-state index >= 15 is 0 Å². The Morgan fingerprint density at radius 3 is 2.75 bits per heavy atom. The van der Waals surface area contributed by atoms with Crippen LogP contribution >= 0.6 is 0 Å². The molecule has 0 saturated heterocycles. The minimum atomic E-state index is -0.716. The van der Waals surface area contributed by atoms with Gasteiger partial charge in [-0.2, -0.15) is 5.10 Å². The Labute approximate surface area is 117 Å². The molecule has 0 unspecified atom stereocenters. The number of terminal acetylenes is 1. The number of nitrogen functional groups attached to an aromatic ring is 1. The number of carbonyl (C=O) groups is 1. The number of amides is 1. The fourth-order valence-electron chi connectivity index (χ4n) is 1.66. The summed E-state index contributed by atoms with van der Waals surface area (Å²) in [5.74, 6) is 2.18. The van der Waals surface area contributed by atoms with Crippen LogP contribution in [0.4, 0.5) is 5.69 Å². The quantitative estimate of drug-likeness (QED) is 0.656. The summed E-state index contributed by atoms with van der Waals surface area (Å²) in [4.78, 5) is 12.0. The first-order valence-corrected chi connectivity index (χ1v) is 6.14. The van der Waals surface area contributed by atoms with E-state index in [-0.39, 0.29) is 11.6 Å². The van der Waals surface area contributed by atoms with Gasteiger partial charge in [0.15, 0.2) is 5.69 Å². The van der Waals surface area contributed by atoms with Gasteiger partial charge in [-0.25, -0.2) is 4.68 Å². The maximum absolute atomic E-state index is 12.0. The molecule has 2 rings (SSSR count). The van der Waals surface area contributed by atoms with Crippen molar-refractivity contribution in [1.29, 1.82) is 0 Å². The molecule has 1 aromatic carbocycles. The van der Waals surface area contributed by atoms with Gasteiger partial charge in [-0.15, -0.1) is 6.42 Å². The van der Waals surface area contributed by atoms with Crippen LogP contribution in [0.2, 0.25) is 0 Å². The maximum atomic E-state index is 12.0. The minimum absolute atomic E-state index is 0.288. The average molecular weight is 268 g/mol. The molecule has 2 aromatic rings. The Morgan fingerprint density at radius 1 is 1.40 bits per heavy atom. The van der Waals surface area contributed by atoms with Crippen molar-refractivity contribution in [2.75, 3.05) is 5.73 Å². The van der Waals surface area contributed by atoms with Crippen LogP contribution in [-0.2, 0) is 0 Å². The second-order valence-electron chi connectivity index (χ2n) is 4.93. The fourth-order valence-corrected chi connectivity index (χ4v) is 1.66. The van der Waals surface area contributed by atoms with E-state index < -0.39 is 5.54 Å². The van der Waals surface area contributed by atoms with Crippen molar-refractivity contribution in [3.8, 4) is 18.0 Å². The second-order valence-corrected chi connectivity index (χ2v) is 4.93. The number of hydrogen-bond donors (Lipinski definition) is 2. The lowest BCUT2D eigenvalue weighted by Gasteiger charge is -2.18. The van der Waals surface area contributed by atoms with Crippen molar-refractivity contribution < 1.29 is 4.79 Å². The van der Waals surface area contributed by atoms with Gasteiger partial charge >= 0.3 is 0 Å². The third-order valence-corrected chi connectivity index (χ3v) is 2.79. The topological polar surface area (TPSA) is 72.9 Å². The summed E-state index contributed by atoms with van der Waals surface area (Å²) < 4.78 is 1.56. The van der Waals surface area contributed by atoms with Gasteiger partial charge < -0.3 is 11.1 Å². The lowest BCUT2D eigenvalue weighted by Crippen LogP contribution is -2.42. The Balaban J connectivity index is 2.24. The van der Waals surface area contributed by atoms with Gasteiger partial charge in [0.2, 0.25) is 0 Å². The van der Waals surface area contributed by atoms with Gasteiger partial charge in [0.25, 0.3) is 5.91 Å². The number of para-hydroxylation sites is 2. The third kappa shape index (κ3) is 2.81. The van der Waals surface area contributed by atoms with Gasteiger partial charge in [-0.05, 0) is 32.0 Å². The Bertz CT molecular complexity index is 679. The molecule has 0 aliphatic carbocycles. The molecule has 0 spiro atoms. The van der Waals surface area contributed by atoms with Crippen LogP contribution in [-0.4, -0.2) is 21.2 Å². The smallest absolute Gasteiger partial charge is 0.272 e. The summed E-state index contributed by atoms with van der Waals surface area (Å²) in [6, 6.07) is 8.92. The third-order valence-electron chi connectivity index (χ3n) is 2.79. The van der Waals surface area contributed by atoms with E-state index in [0.29, 0.717) is 5.69 Å². The Kier molecular flexibility index (Phi) is 3.49. The molecule has 102 valence electrons. The molecule has 0 bridgehead atoms. The van der Waals surface area contributed by atoms with Crippen LogP contribution in [0.1, 0.15) is 24.3 Å². The molecule has 3 N–H and O–H groups in total. The number of nitrogens with one attached hydrogen (secondary N) is 1. The molecule has 20 heavy (non-hydrogen) atoms. The van der Waals surface area contributed by atoms with E-state index in [0.717, 1.165) is 5.69 Å². The monoisotopic (exact) mass is 268 g/mol. The van der Waals surface area contributed by atoms with Gasteiger partial charge in [0.05, 0.1) is 16.9 Å². The van der Waals surface area contributed by atoms with Crippen molar-refractivity contribution in [2.24, 2.45) is 0 Å². The molecule has 1 heterocycles. The summed E-state index contributed by atoms with van der Waals surface area (Å²) in [5, 5.41) is 6.94. The van der Waals surface area contributed by atoms with E-state index in [1.807, 2.05) is 18.2 Å². The van der Waals surface area contributed by atoms with E-state index in [1.165, 1.54) is 0 Å². The van der Waals surface area contributed by atoms with E-state index in [9.17, 15) is 4.79 Å². The molecule has 5 heteroatoms. The molecule has 0 atom stereocenters. The summed E-state index contributed by atoms with van der Waals surface area (Å²) in [6.07, 6.45) is 7.03. The highest BCUT2D eigenvalue weighted by Gasteiger charge is 2.20. The molecule has 1 aromatic heterocycles. The number of hydrogen-bond acceptors (Lipinski definition) is 3. The normalized spacial score (nSPS) is 10.8. The van der Waals surface area contributed by atoms with Gasteiger partial charge in [0.1, 0.15) is 0 Å². The molecule has 0 radical (unpaired) electrons. The van der Waals surface area contributed by atoms with Crippen molar-refractivity contribution in [3.63, 3.8) is 0 Å². The van der Waals surface area contributed by atoms with Gasteiger partial charge in [-0.1, -0.05) is 18.1 Å². The summed E-state index contributed by atoms with van der Waals surface area (Å²) in [5.41, 5.74) is 6.76. The van der Waals surface area contributed by atoms with Crippen LogP contribution in [0.3, 0.4) is 0 Å². The largest absolute Gasteiger partial charge is 0.397 e. The fraction of sp³-hybridized carbons (Fsp3) is 0.200. The summed E-state index contributed by atoms with van der Waals surface area (Å²) in [6.45, 7) is 3.49. The first-order chi connectivity index (χ1) is 9.43. The predicted molar refractivity (Wildman–Crippen MR) is 78.4 cm³/mol. The molecular weight excluding hydrogens is 252 g/mol. The molecule has 0 aliphatic heterocycles. The number of benzene rings is 1. The van der Waals surface area contributed by atoms with Gasteiger partial charge in [-0.3, -0.25) is 4.79 Å². The molecular formula is C15H16N4O. The molecule has 5 nitrogen and oxygen atoms in total. The molecule has 0 saturated carbocycles. The highest BCUT2D eigenvalue weighted by Crippen LogP contribution is 2.15. The molecule has 0 fully saturated rings. The van der Waals surface area contributed by atoms with Crippen molar-refractivity contribution in [3.05, 3.63) is 42.2 Å². The summed E-state index contributed by atoms with van der Waals surface area (Å²) in [7, 11) is 0. The number of anilines is 1. The predicted octanol–water partition coefficient (Wildman–Crippen LogP) is 1.60. The molecule has 1 amide bonds. The number of nitrogens with zero attached hydrogens (tertiary/aromatic N) is 2. The number of nitrogens with two attached hydrogens (primary N) is 1. The number of aromatic nitrogens is 2. The zero-order chi connectivity index (χ0) is 14.8. The highest BCUT2D eigenvalue weighted by atomic mass is 16.2. The van der Waals surface area contributed by atoms with E-state index in [4.69, 9.17) is 12.2 Å². The number of carbonyl (C=O) groups excluding carboxylic acids is 1. The zero-order valence-electron chi connectivity index (χ0n) is 11.4. The van der Waals surface area contributed by atoms with Crippen molar-refractivity contribution in [2.45, 2.75) is 19.4 Å². The highest BCUT2D eigenvalue weighted by molar-refractivity contribution is 5.93. The lowest BCUT2D eigenvalue weighted by molar-refractivity contribution is 0.0924. The SMILES string of the molecule is C#CC(C)(C)NC(=O)c1ccn(-c2ccccc2N)n1. The Hall–Kier alpha value is -2.74. The average Bonchev–Trinajstić information content (AvgIpc) is 2.88. The van der Waals surface area contributed by atoms with Crippen LogP contribution in [0.15, 0.2) is 36.5 Å². The van der Waals surface area contributed by atoms with Crippen LogP contribution < -0.4 is 11.1 Å². The van der Waals surface area contributed by atoms with Gasteiger partial charge in [0, 0.05) is 6.20 Å². The van der Waals surface area contributed by atoms with Crippen molar-refractivity contribution in [1.82, 2.24) is 15.1 Å². The van der Waals surface area contributed by atoms with Crippen LogP contribution in [0, 0.1) is 12.3 Å².